The Balaban J connectivity index is 2.04. The highest BCUT2D eigenvalue weighted by Crippen LogP contribution is 2.33. The molecule has 0 radical (unpaired) electrons. The second-order valence-corrected chi connectivity index (χ2v) is 6.42. The van der Waals surface area contributed by atoms with E-state index in [-0.39, 0.29) is 5.90 Å². The molecule has 0 bridgehead atoms. The van der Waals surface area contributed by atoms with E-state index in [1.807, 2.05) is 0 Å². The molecule has 0 aromatic heterocycles. The van der Waals surface area contributed by atoms with Gasteiger partial charge in [0.15, 0.2) is 5.54 Å². The number of aliphatic imine (C=N–C) groups is 1. The summed E-state index contributed by atoms with van der Waals surface area (Å²) in [6, 6.07) is 6.63. The highest BCUT2D eigenvalue weighted by molar-refractivity contribution is 6.24. The van der Waals surface area contributed by atoms with E-state index in [0.29, 0.717) is 11.1 Å². The lowest BCUT2D eigenvalue weighted by atomic mass is 10.0. The molecule has 2 heterocycles. The highest BCUT2D eigenvalue weighted by atomic mass is 16.6. The van der Waals surface area contributed by atoms with Gasteiger partial charge >= 0.3 is 5.97 Å². The molecule has 22 heavy (non-hydrogen) atoms. The Morgan fingerprint density at radius 3 is 1.95 bits per heavy atom. The van der Waals surface area contributed by atoms with E-state index in [4.69, 9.17) is 4.74 Å². The van der Waals surface area contributed by atoms with Crippen LogP contribution in [-0.4, -0.2) is 39.7 Å². The number of cyclic esters (lactones) is 1. The summed E-state index contributed by atoms with van der Waals surface area (Å²) >= 11 is 0. The molecule has 0 saturated heterocycles. The Bertz CT molecular complexity index is 711. The minimum atomic E-state index is -1.14. The van der Waals surface area contributed by atoms with Crippen LogP contribution in [0.15, 0.2) is 29.3 Å². The van der Waals surface area contributed by atoms with Crippen LogP contribution < -0.4 is 0 Å². The number of benzene rings is 1. The van der Waals surface area contributed by atoms with E-state index >= 15 is 0 Å². The molecule has 2 aliphatic heterocycles. The smallest absolute Gasteiger partial charge is 0.340 e. The Labute approximate surface area is 127 Å². The summed E-state index contributed by atoms with van der Waals surface area (Å²) in [6.45, 7) is 6.53. The molecular weight excluding hydrogens is 284 g/mol. The second kappa shape index (κ2) is 4.25. The first-order chi connectivity index (χ1) is 10.2. The largest absolute Gasteiger partial charge is 0.407 e. The van der Waals surface area contributed by atoms with Crippen molar-refractivity contribution in [3.8, 4) is 0 Å². The number of hydrogen-bond acceptors (Lipinski definition) is 5. The molecular formula is C16H16N2O4. The maximum Gasteiger partial charge on any atom is 0.340 e. The van der Waals surface area contributed by atoms with Crippen molar-refractivity contribution in [3.63, 3.8) is 0 Å². The van der Waals surface area contributed by atoms with Crippen LogP contribution in [0.5, 0.6) is 0 Å². The lowest BCUT2D eigenvalue weighted by Crippen LogP contribution is -2.53. The molecule has 1 aromatic rings. The molecule has 0 atom stereocenters. The van der Waals surface area contributed by atoms with Crippen LogP contribution in [0, 0.1) is 0 Å². The van der Waals surface area contributed by atoms with Gasteiger partial charge in [0.2, 0.25) is 5.90 Å². The van der Waals surface area contributed by atoms with Gasteiger partial charge in [0.25, 0.3) is 11.8 Å². The van der Waals surface area contributed by atoms with Crippen LogP contribution in [0.3, 0.4) is 0 Å². The van der Waals surface area contributed by atoms with Crippen LogP contribution in [0.25, 0.3) is 0 Å². The van der Waals surface area contributed by atoms with Crippen molar-refractivity contribution < 1.29 is 19.1 Å². The van der Waals surface area contributed by atoms with Crippen molar-refractivity contribution >= 4 is 23.7 Å². The van der Waals surface area contributed by atoms with Gasteiger partial charge in [-0.25, -0.2) is 9.79 Å². The predicted molar refractivity (Wildman–Crippen MR) is 78.6 cm³/mol. The molecule has 2 amide bonds. The monoisotopic (exact) mass is 300 g/mol. The molecule has 2 aliphatic rings. The average Bonchev–Trinajstić information content (AvgIpc) is 2.86. The van der Waals surface area contributed by atoms with Gasteiger partial charge in [-0.1, -0.05) is 12.1 Å². The summed E-state index contributed by atoms with van der Waals surface area (Å²) in [4.78, 5) is 42.3. The maximum atomic E-state index is 12.6. The van der Waals surface area contributed by atoms with Crippen molar-refractivity contribution in [3.05, 3.63) is 35.4 Å². The highest BCUT2D eigenvalue weighted by Gasteiger charge is 2.51. The zero-order chi connectivity index (χ0) is 16.3. The molecule has 0 fully saturated rings. The number of carbonyl (C=O) groups excluding carboxylic acids is 3. The van der Waals surface area contributed by atoms with Crippen molar-refractivity contribution in [2.45, 2.75) is 38.8 Å². The summed E-state index contributed by atoms with van der Waals surface area (Å²) in [5.41, 5.74) is -1.45. The first-order valence-electron chi connectivity index (χ1n) is 6.97. The maximum absolute atomic E-state index is 12.6. The lowest BCUT2D eigenvalue weighted by molar-refractivity contribution is -0.138. The molecule has 0 N–H and O–H groups in total. The third-order valence-electron chi connectivity index (χ3n) is 3.95. The first kappa shape index (κ1) is 14.4. The van der Waals surface area contributed by atoms with E-state index in [1.54, 1.807) is 52.0 Å². The van der Waals surface area contributed by atoms with Gasteiger partial charge in [-0.15, -0.1) is 0 Å². The van der Waals surface area contributed by atoms with Crippen molar-refractivity contribution in [2.75, 3.05) is 0 Å². The fraction of sp³-hybridized carbons (Fsp3) is 0.375. The number of imide groups is 1. The molecule has 0 unspecified atom stereocenters. The normalized spacial score (nSPS) is 20.1. The van der Waals surface area contributed by atoms with Gasteiger partial charge in [0.1, 0.15) is 5.54 Å². The molecule has 6 heteroatoms. The molecule has 0 aliphatic carbocycles. The van der Waals surface area contributed by atoms with E-state index in [2.05, 4.69) is 4.99 Å². The van der Waals surface area contributed by atoms with E-state index in [1.165, 1.54) is 0 Å². The Kier molecular flexibility index (Phi) is 2.79. The van der Waals surface area contributed by atoms with Crippen LogP contribution in [0.4, 0.5) is 0 Å². The number of ether oxygens (including phenoxy) is 1. The van der Waals surface area contributed by atoms with Crippen LogP contribution in [0.1, 0.15) is 48.4 Å². The van der Waals surface area contributed by atoms with Gasteiger partial charge in [-0.2, -0.15) is 0 Å². The molecule has 1 aromatic carbocycles. The summed E-state index contributed by atoms with van der Waals surface area (Å²) in [7, 11) is 0. The summed E-state index contributed by atoms with van der Waals surface area (Å²) in [5.74, 6) is -1.23. The van der Waals surface area contributed by atoms with Gasteiger partial charge in [0.05, 0.1) is 11.1 Å². The average molecular weight is 300 g/mol. The molecule has 0 spiro atoms. The zero-order valence-corrected chi connectivity index (χ0v) is 12.8. The Hall–Kier alpha value is -2.50. The zero-order valence-electron chi connectivity index (χ0n) is 12.8. The summed E-state index contributed by atoms with van der Waals surface area (Å²) < 4.78 is 5.21. The first-order valence-corrected chi connectivity index (χ1v) is 6.97. The molecule has 114 valence electrons. The van der Waals surface area contributed by atoms with E-state index in [0.717, 1.165) is 4.90 Å². The minimum Gasteiger partial charge on any atom is -0.407 e. The van der Waals surface area contributed by atoms with Gasteiger partial charge < -0.3 is 4.74 Å². The third kappa shape index (κ3) is 1.80. The molecule has 6 nitrogen and oxygen atoms in total. The number of hydrogen-bond donors (Lipinski definition) is 0. The van der Waals surface area contributed by atoms with Crippen molar-refractivity contribution in [1.29, 1.82) is 0 Å². The standard InChI is InChI=1S/C16H16N2O4/c1-15(2)14(21)22-13(17-15)16(3,4)18-11(19)9-7-5-6-8-10(9)12(18)20/h5-8H,1-4H3. The molecule has 0 saturated carbocycles. The van der Waals surface area contributed by atoms with Crippen molar-refractivity contribution in [1.82, 2.24) is 4.90 Å². The summed E-state index contributed by atoms with van der Waals surface area (Å²) in [5, 5.41) is 0. The van der Waals surface area contributed by atoms with Crippen LogP contribution in [-0.2, 0) is 9.53 Å². The number of amides is 2. The van der Waals surface area contributed by atoms with Crippen LogP contribution in [0.2, 0.25) is 0 Å². The predicted octanol–water partition coefficient (Wildman–Crippen LogP) is 1.80. The third-order valence-corrected chi connectivity index (χ3v) is 3.95. The second-order valence-electron chi connectivity index (χ2n) is 6.42. The number of fused-ring (bicyclic) bond motifs is 1. The van der Waals surface area contributed by atoms with Gasteiger partial charge in [-0.3, -0.25) is 14.5 Å². The van der Waals surface area contributed by atoms with E-state index in [9.17, 15) is 14.4 Å². The lowest BCUT2D eigenvalue weighted by Gasteiger charge is -2.32. The number of rotatable bonds is 2. The minimum absolute atomic E-state index is 0.0806. The SMILES string of the molecule is CC1(C)N=C(C(C)(C)N2C(=O)c3ccccc3C2=O)OC1=O. The van der Waals surface area contributed by atoms with Crippen LogP contribution >= 0.6 is 0 Å². The fourth-order valence-electron chi connectivity index (χ4n) is 2.59. The Morgan fingerprint density at radius 1 is 1.05 bits per heavy atom. The van der Waals surface area contributed by atoms with Gasteiger partial charge in [-0.05, 0) is 39.8 Å². The number of nitrogens with zero attached hydrogens (tertiary/aromatic N) is 2. The fourth-order valence-corrected chi connectivity index (χ4v) is 2.59. The van der Waals surface area contributed by atoms with Gasteiger partial charge in [0, 0.05) is 0 Å². The van der Waals surface area contributed by atoms with E-state index < -0.39 is 28.9 Å². The topological polar surface area (TPSA) is 76.0 Å². The number of esters is 1. The summed E-state index contributed by atoms with van der Waals surface area (Å²) in [6.07, 6.45) is 0. The molecule has 3 rings (SSSR count). The Morgan fingerprint density at radius 2 is 1.55 bits per heavy atom. The van der Waals surface area contributed by atoms with Crippen molar-refractivity contribution in [2.24, 2.45) is 4.99 Å². The number of carbonyl (C=O) groups is 3. The quantitative estimate of drug-likeness (QED) is 0.616.